The summed E-state index contributed by atoms with van der Waals surface area (Å²) in [5.41, 5.74) is -0.909. The number of anilines is 2. The van der Waals surface area contributed by atoms with Crippen molar-refractivity contribution in [3.8, 4) is 0 Å². The molecule has 0 aliphatic carbocycles. The Bertz CT molecular complexity index is 1180. The minimum absolute atomic E-state index is 0.138. The highest BCUT2D eigenvalue weighted by molar-refractivity contribution is 7.92. The average Bonchev–Trinajstić information content (AvgIpc) is 2.62. The molecule has 138 valence electrons. The second kappa shape index (κ2) is 7.25. The fourth-order valence-corrected chi connectivity index (χ4v) is 3.20. The van der Waals surface area contributed by atoms with Gasteiger partial charge in [0.2, 0.25) is 0 Å². The maximum atomic E-state index is 12.3. The van der Waals surface area contributed by atoms with Crippen molar-refractivity contribution >= 4 is 27.3 Å². The first-order valence-electron chi connectivity index (χ1n) is 7.51. The van der Waals surface area contributed by atoms with E-state index in [1.54, 1.807) is 18.3 Å². The summed E-state index contributed by atoms with van der Waals surface area (Å²) < 4.78 is 26.7. The van der Waals surface area contributed by atoms with Crippen LogP contribution in [-0.4, -0.2) is 29.3 Å². The number of aromatic amines is 2. The number of benzene rings is 1. The smallest absolute Gasteiger partial charge is 0.321 e. The quantitative estimate of drug-likeness (QED) is 0.500. The molecule has 0 atom stereocenters. The van der Waals surface area contributed by atoms with Gasteiger partial charge < -0.3 is 10.3 Å². The fraction of sp³-hybridized carbons (Fsp3) is 0. The number of aromatic nitrogens is 3. The van der Waals surface area contributed by atoms with E-state index in [-0.39, 0.29) is 5.69 Å². The zero-order valence-electron chi connectivity index (χ0n) is 13.6. The summed E-state index contributed by atoms with van der Waals surface area (Å²) in [6.07, 6.45) is 3.87. The number of nitrogens with zero attached hydrogens (tertiary/aromatic N) is 1. The lowest BCUT2D eigenvalue weighted by Crippen LogP contribution is -2.29. The van der Waals surface area contributed by atoms with Crippen molar-refractivity contribution in [2.24, 2.45) is 0 Å². The van der Waals surface area contributed by atoms with Crippen molar-refractivity contribution in [1.82, 2.24) is 15.0 Å². The molecule has 0 unspecified atom stereocenters. The number of hydrogen-bond acceptors (Lipinski definition) is 6. The third kappa shape index (κ3) is 4.27. The van der Waals surface area contributed by atoms with Gasteiger partial charge in [0.1, 0.15) is 0 Å². The van der Waals surface area contributed by atoms with E-state index in [0.29, 0.717) is 11.3 Å². The van der Waals surface area contributed by atoms with Gasteiger partial charge in [-0.15, -0.1) is 0 Å². The predicted octanol–water partition coefficient (Wildman–Crippen LogP) is 0.511. The number of amides is 1. The number of pyridine rings is 1. The molecule has 4 N–H and O–H groups in total. The fourth-order valence-electron chi connectivity index (χ4n) is 2.14. The number of sulfonamides is 1. The van der Waals surface area contributed by atoms with Gasteiger partial charge in [0, 0.05) is 23.6 Å². The van der Waals surface area contributed by atoms with E-state index in [9.17, 15) is 22.8 Å². The van der Waals surface area contributed by atoms with Crippen LogP contribution >= 0.6 is 0 Å². The van der Waals surface area contributed by atoms with Crippen molar-refractivity contribution in [2.75, 3.05) is 10.0 Å². The third-order valence-electron chi connectivity index (χ3n) is 3.39. The van der Waals surface area contributed by atoms with E-state index in [1.807, 2.05) is 4.98 Å². The lowest BCUT2D eigenvalue weighted by atomic mass is 10.2. The Hall–Kier alpha value is -3.73. The van der Waals surface area contributed by atoms with Gasteiger partial charge in [-0.1, -0.05) is 0 Å². The van der Waals surface area contributed by atoms with Gasteiger partial charge in [-0.2, -0.15) is 0 Å². The molecule has 0 radical (unpaired) electrons. The Morgan fingerprint density at radius 2 is 1.78 bits per heavy atom. The van der Waals surface area contributed by atoms with Gasteiger partial charge in [0.05, 0.1) is 11.9 Å². The molecular weight excluding hydrogens is 374 g/mol. The highest BCUT2D eigenvalue weighted by atomic mass is 32.2. The molecule has 3 aromatic rings. The van der Waals surface area contributed by atoms with Crippen molar-refractivity contribution in [3.05, 3.63) is 81.4 Å². The second-order valence-corrected chi connectivity index (χ2v) is 6.97. The molecule has 0 saturated carbocycles. The van der Waals surface area contributed by atoms with Crippen LogP contribution in [0.3, 0.4) is 0 Å². The number of H-pyrrole nitrogens is 2. The zero-order chi connectivity index (χ0) is 19.4. The molecule has 11 heteroatoms. The van der Waals surface area contributed by atoms with Crippen LogP contribution in [0.1, 0.15) is 10.4 Å². The molecule has 0 fully saturated rings. The summed E-state index contributed by atoms with van der Waals surface area (Å²) in [6.45, 7) is 0. The number of carbonyl (C=O) groups is 1. The standard InChI is InChI=1S/C16H13N5O5S/c22-14(19-12-2-1-7-17-8-12)10-3-5-11(6-4-10)21-27(25,26)13-9-18-16(24)20-15(13)23/h1-9,21H,(H,19,22)(H2,18,20,23,24). The van der Waals surface area contributed by atoms with Gasteiger partial charge in [-0.05, 0) is 36.4 Å². The van der Waals surface area contributed by atoms with Crippen molar-refractivity contribution in [1.29, 1.82) is 0 Å². The maximum absolute atomic E-state index is 12.3. The van der Waals surface area contributed by atoms with E-state index in [1.165, 1.54) is 30.5 Å². The van der Waals surface area contributed by atoms with Gasteiger partial charge in [-0.3, -0.25) is 24.3 Å². The maximum Gasteiger partial charge on any atom is 0.325 e. The van der Waals surface area contributed by atoms with Crippen molar-refractivity contribution in [3.63, 3.8) is 0 Å². The first-order chi connectivity index (χ1) is 12.8. The average molecular weight is 387 g/mol. The first kappa shape index (κ1) is 18.1. The van der Waals surface area contributed by atoms with Crippen LogP contribution in [0.2, 0.25) is 0 Å². The highest BCUT2D eigenvalue weighted by Gasteiger charge is 2.19. The predicted molar refractivity (Wildman–Crippen MR) is 97.1 cm³/mol. The highest BCUT2D eigenvalue weighted by Crippen LogP contribution is 2.15. The van der Waals surface area contributed by atoms with Gasteiger partial charge in [0.25, 0.3) is 21.5 Å². The molecule has 27 heavy (non-hydrogen) atoms. The molecule has 1 aromatic carbocycles. The van der Waals surface area contributed by atoms with E-state index in [2.05, 4.69) is 20.0 Å². The minimum atomic E-state index is -4.22. The van der Waals surface area contributed by atoms with Crippen LogP contribution in [0.5, 0.6) is 0 Å². The van der Waals surface area contributed by atoms with Gasteiger partial charge >= 0.3 is 5.69 Å². The van der Waals surface area contributed by atoms with E-state index in [4.69, 9.17) is 0 Å². The van der Waals surface area contributed by atoms with Crippen LogP contribution < -0.4 is 21.3 Å². The lowest BCUT2D eigenvalue weighted by Gasteiger charge is -2.08. The van der Waals surface area contributed by atoms with Crippen LogP contribution in [-0.2, 0) is 10.0 Å². The number of hydrogen-bond donors (Lipinski definition) is 4. The zero-order valence-corrected chi connectivity index (χ0v) is 14.4. The molecular formula is C16H13N5O5S. The van der Waals surface area contributed by atoms with E-state index >= 15 is 0 Å². The monoisotopic (exact) mass is 387 g/mol. The molecule has 3 rings (SSSR count). The number of nitrogens with one attached hydrogen (secondary N) is 4. The lowest BCUT2D eigenvalue weighted by molar-refractivity contribution is 0.102. The van der Waals surface area contributed by atoms with Crippen LogP contribution in [0, 0.1) is 0 Å². The van der Waals surface area contributed by atoms with E-state index in [0.717, 1.165) is 6.20 Å². The summed E-state index contributed by atoms with van der Waals surface area (Å²) >= 11 is 0. The second-order valence-electron chi connectivity index (χ2n) is 5.31. The molecule has 10 nitrogen and oxygen atoms in total. The summed E-state index contributed by atoms with van der Waals surface area (Å²) in [4.78, 5) is 42.0. The van der Waals surface area contributed by atoms with Crippen molar-refractivity contribution < 1.29 is 13.2 Å². The Balaban J connectivity index is 1.76. The topological polar surface area (TPSA) is 154 Å². The van der Waals surface area contributed by atoms with Crippen molar-refractivity contribution in [2.45, 2.75) is 4.90 Å². The Labute approximate surface area is 152 Å². The van der Waals surface area contributed by atoms with Crippen LogP contribution in [0.15, 0.2) is 69.5 Å². The first-order valence-corrected chi connectivity index (χ1v) is 9.00. The number of carbonyl (C=O) groups excluding carboxylic acids is 1. The van der Waals surface area contributed by atoms with Gasteiger partial charge in [-0.25, -0.2) is 13.2 Å². The molecule has 2 aromatic heterocycles. The summed E-state index contributed by atoms with van der Waals surface area (Å²) in [5.74, 6) is -0.394. The summed E-state index contributed by atoms with van der Waals surface area (Å²) in [7, 11) is -4.22. The summed E-state index contributed by atoms with van der Waals surface area (Å²) in [5, 5.41) is 2.65. The SMILES string of the molecule is O=C(Nc1cccnc1)c1ccc(NS(=O)(=O)c2c[nH]c(=O)[nH]c2=O)cc1. The molecule has 0 spiro atoms. The molecule has 1 amide bonds. The molecule has 0 aliphatic rings. The number of rotatable bonds is 5. The normalized spacial score (nSPS) is 11.0. The Morgan fingerprint density at radius 3 is 2.41 bits per heavy atom. The molecule has 0 aliphatic heterocycles. The van der Waals surface area contributed by atoms with E-state index < -0.39 is 32.1 Å². The third-order valence-corrected chi connectivity index (χ3v) is 4.78. The molecule has 2 heterocycles. The van der Waals surface area contributed by atoms with Crippen LogP contribution in [0.4, 0.5) is 11.4 Å². The van der Waals surface area contributed by atoms with Gasteiger partial charge in [0.15, 0.2) is 4.90 Å². The summed E-state index contributed by atoms with van der Waals surface area (Å²) in [6, 6.07) is 8.92. The van der Waals surface area contributed by atoms with Crippen LogP contribution in [0.25, 0.3) is 0 Å². The largest absolute Gasteiger partial charge is 0.325 e. The minimum Gasteiger partial charge on any atom is -0.321 e. The molecule has 0 saturated heterocycles. The Morgan fingerprint density at radius 1 is 1.04 bits per heavy atom. The Kier molecular flexibility index (Phi) is 4.86. The molecule has 0 bridgehead atoms.